The molecule has 1 aromatic heterocycles. The number of hydrogen-bond donors (Lipinski definition) is 2. The molecule has 5 heteroatoms. The van der Waals surface area contributed by atoms with Crippen molar-refractivity contribution in [2.45, 2.75) is 46.1 Å². The first-order valence-electron chi connectivity index (χ1n) is 7.77. The van der Waals surface area contributed by atoms with Crippen LogP contribution in [0.25, 0.3) is 0 Å². The summed E-state index contributed by atoms with van der Waals surface area (Å²) in [7, 11) is 0. The number of para-hydroxylation sites is 1. The molecule has 0 aliphatic rings. The van der Waals surface area contributed by atoms with Crippen LogP contribution in [-0.4, -0.2) is 21.4 Å². The van der Waals surface area contributed by atoms with Gasteiger partial charge in [0, 0.05) is 11.2 Å². The number of anilines is 2. The van der Waals surface area contributed by atoms with Gasteiger partial charge in [0.2, 0.25) is 0 Å². The first kappa shape index (κ1) is 16.9. The van der Waals surface area contributed by atoms with Gasteiger partial charge in [0.05, 0.1) is 12.4 Å². The Morgan fingerprint density at radius 3 is 2.35 bits per heavy atom. The highest BCUT2D eigenvalue weighted by Crippen LogP contribution is 2.24. The SMILES string of the molecule is CC(C)c1ccccc1NC(=O)c1cnc(NC(C)(C)C)cn1. The first-order chi connectivity index (χ1) is 10.8. The minimum atomic E-state index is -0.257. The summed E-state index contributed by atoms with van der Waals surface area (Å²) in [5.74, 6) is 0.723. The lowest BCUT2D eigenvalue weighted by Crippen LogP contribution is -2.27. The molecule has 0 aliphatic carbocycles. The third-order valence-corrected chi connectivity index (χ3v) is 3.22. The van der Waals surface area contributed by atoms with E-state index in [2.05, 4.69) is 34.4 Å². The van der Waals surface area contributed by atoms with Crippen molar-refractivity contribution in [2.75, 3.05) is 10.6 Å². The molecule has 0 saturated carbocycles. The summed E-state index contributed by atoms with van der Waals surface area (Å²) < 4.78 is 0. The third kappa shape index (κ3) is 4.77. The molecule has 0 unspecified atom stereocenters. The van der Waals surface area contributed by atoms with Crippen LogP contribution in [0.15, 0.2) is 36.7 Å². The van der Waals surface area contributed by atoms with Crippen LogP contribution in [-0.2, 0) is 0 Å². The van der Waals surface area contributed by atoms with Gasteiger partial charge in [-0.15, -0.1) is 0 Å². The molecule has 23 heavy (non-hydrogen) atoms. The van der Waals surface area contributed by atoms with Gasteiger partial charge < -0.3 is 10.6 Å². The van der Waals surface area contributed by atoms with Gasteiger partial charge in [0.25, 0.3) is 5.91 Å². The maximum Gasteiger partial charge on any atom is 0.275 e. The molecular formula is C18H24N4O. The highest BCUT2D eigenvalue weighted by molar-refractivity contribution is 6.03. The lowest BCUT2D eigenvalue weighted by atomic mass is 10.0. The van der Waals surface area contributed by atoms with Gasteiger partial charge >= 0.3 is 0 Å². The lowest BCUT2D eigenvalue weighted by molar-refractivity contribution is 0.102. The Balaban J connectivity index is 2.13. The van der Waals surface area contributed by atoms with E-state index >= 15 is 0 Å². The first-order valence-corrected chi connectivity index (χ1v) is 7.77. The fraction of sp³-hybridized carbons (Fsp3) is 0.389. The van der Waals surface area contributed by atoms with Crippen LogP contribution >= 0.6 is 0 Å². The van der Waals surface area contributed by atoms with Crippen LogP contribution in [0.3, 0.4) is 0 Å². The molecule has 2 aromatic rings. The van der Waals surface area contributed by atoms with Gasteiger partial charge in [0.1, 0.15) is 11.5 Å². The van der Waals surface area contributed by atoms with Crippen LogP contribution < -0.4 is 10.6 Å². The van der Waals surface area contributed by atoms with E-state index < -0.39 is 0 Å². The molecule has 0 bridgehead atoms. The molecule has 1 amide bonds. The van der Waals surface area contributed by atoms with E-state index in [0.717, 1.165) is 11.3 Å². The molecule has 0 saturated heterocycles. The van der Waals surface area contributed by atoms with E-state index in [4.69, 9.17) is 0 Å². The number of hydrogen-bond acceptors (Lipinski definition) is 4. The van der Waals surface area contributed by atoms with Crippen LogP contribution in [0.1, 0.15) is 56.6 Å². The zero-order valence-corrected chi connectivity index (χ0v) is 14.3. The second-order valence-electron chi connectivity index (χ2n) is 6.86. The lowest BCUT2D eigenvalue weighted by Gasteiger charge is -2.20. The van der Waals surface area contributed by atoms with E-state index in [1.807, 2.05) is 45.0 Å². The van der Waals surface area contributed by atoms with Crippen molar-refractivity contribution in [1.82, 2.24) is 9.97 Å². The smallest absolute Gasteiger partial charge is 0.275 e. The number of nitrogens with one attached hydrogen (secondary N) is 2. The Labute approximate surface area is 137 Å². The van der Waals surface area contributed by atoms with Crippen molar-refractivity contribution in [3.05, 3.63) is 47.9 Å². The van der Waals surface area contributed by atoms with E-state index in [1.54, 1.807) is 6.20 Å². The van der Waals surface area contributed by atoms with Crippen molar-refractivity contribution in [2.24, 2.45) is 0 Å². The minimum Gasteiger partial charge on any atom is -0.364 e. The summed E-state index contributed by atoms with van der Waals surface area (Å²) in [6.07, 6.45) is 3.07. The summed E-state index contributed by atoms with van der Waals surface area (Å²) in [4.78, 5) is 20.8. The third-order valence-electron chi connectivity index (χ3n) is 3.22. The molecule has 1 aromatic carbocycles. The van der Waals surface area contributed by atoms with Crippen LogP contribution in [0.2, 0.25) is 0 Å². The van der Waals surface area contributed by atoms with Crippen LogP contribution in [0.4, 0.5) is 11.5 Å². The molecule has 2 N–H and O–H groups in total. The average molecular weight is 312 g/mol. The second kappa shape index (κ2) is 6.77. The number of rotatable bonds is 4. The Hall–Kier alpha value is -2.43. The molecule has 1 heterocycles. The number of aromatic nitrogens is 2. The highest BCUT2D eigenvalue weighted by atomic mass is 16.1. The van der Waals surface area contributed by atoms with Gasteiger partial charge in [-0.2, -0.15) is 0 Å². The van der Waals surface area contributed by atoms with Crippen LogP contribution in [0, 0.1) is 0 Å². The number of benzene rings is 1. The Bertz CT molecular complexity index is 672. The largest absolute Gasteiger partial charge is 0.364 e. The number of carbonyl (C=O) groups is 1. The van der Waals surface area contributed by atoms with Crippen LogP contribution in [0.5, 0.6) is 0 Å². The number of amides is 1. The average Bonchev–Trinajstić information content (AvgIpc) is 2.46. The Kier molecular flexibility index (Phi) is 4.98. The molecule has 5 nitrogen and oxygen atoms in total. The van der Waals surface area contributed by atoms with Gasteiger partial charge in [-0.1, -0.05) is 32.0 Å². The van der Waals surface area contributed by atoms with Gasteiger partial charge in [-0.3, -0.25) is 4.79 Å². The van der Waals surface area contributed by atoms with Crippen molar-refractivity contribution in [1.29, 1.82) is 0 Å². The normalized spacial score (nSPS) is 11.4. The predicted molar refractivity (Wildman–Crippen MR) is 93.9 cm³/mol. The monoisotopic (exact) mass is 312 g/mol. The quantitative estimate of drug-likeness (QED) is 0.893. The molecular weight excluding hydrogens is 288 g/mol. The Morgan fingerprint density at radius 1 is 1.09 bits per heavy atom. The molecule has 0 atom stereocenters. The summed E-state index contributed by atoms with van der Waals surface area (Å²) in [5.41, 5.74) is 2.10. The van der Waals surface area contributed by atoms with E-state index in [0.29, 0.717) is 17.4 Å². The van der Waals surface area contributed by atoms with Crippen molar-refractivity contribution < 1.29 is 4.79 Å². The van der Waals surface area contributed by atoms with Crippen molar-refractivity contribution >= 4 is 17.4 Å². The second-order valence-corrected chi connectivity index (χ2v) is 6.86. The van der Waals surface area contributed by atoms with E-state index in [1.165, 1.54) is 6.20 Å². The molecule has 0 radical (unpaired) electrons. The van der Waals surface area contributed by atoms with E-state index in [-0.39, 0.29) is 11.4 Å². The molecule has 0 aliphatic heterocycles. The standard InChI is InChI=1S/C18H24N4O/c1-12(2)13-8-6-7-9-14(13)21-17(23)15-10-20-16(11-19-15)22-18(3,4)5/h6-12H,1-5H3,(H,20,22)(H,21,23). The summed E-state index contributed by atoms with van der Waals surface area (Å²) in [5, 5.41) is 6.13. The summed E-state index contributed by atoms with van der Waals surface area (Å²) >= 11 is 0. The maximum atomic E-state index is 12.4. The fourth-order valence-electron chi connectivity index (χ4n) is 2.19. The molecule has 0 fully saturated rings. The summed E-state index contributed by atoms with van der Waals surface area (Å²) in [6.45, 7) is 10.3. The topological polar surface area (TPSA) is 66.9 Å². The fourth-order valence-corrected chi connectivity index (χ4v) is 2.19. The predicted octanol–water partition coefficient (Wildman–Crippen LogP) is 4.06. The van der Waals surface area contributed by atoms with E-state index in [9.17, 15) is 4.79 Å². The Morgan fingerprint density at radius 2 is 1.78 bits per heavy atom. The van der Waals surface area contributed by atoms with Crippen molar-refractivity contribution in [3.63, 3.8) is 0 Å². The maximum absolute atomic E-state index is 12.4. The summed E-state index contributed by atoms with van der Waals surface area (Å²) in [6, 6.07) is 7.79. The molecule has 122 valence electrons. The van der Waals surface area contributed by atoms with Gasteiger partial charge in [-0.05, 0) is 38.3 Å². The number of nitrogens with zero attached hydrogens (tertiary/aromatic N) is 2. The zero-order chi connectivity index (χ0) is 17.0. The minimum absolute atomic E-state index is 0.103. The van der Waals surface area contributed by atoms with Gasteiger partial charge in [-0.25, -0.2) is 9.97 Å². The highest BCUT2D eigenvalue weighted by Gasteiger charge is 2.14. The zero-order valence-electron chi connectivity index (χ0n) is 14.3. The number of carbonyl (C=O) groups excluding carboxylic acids is 1. The van der Waals surface area contributed by atoms with Crippen molar-refractivity contribution in [3.8, 4) is 0 Å². The van der Waals surface area contributed by atoms with Gasteiger partial charge in [0.15, 0.2) is 0 Å². The molecule has 0 spiro atoms. The molecule has 2 rings (SSSR count).